The lowest BCUT2D eigenvalue weighted by Crippen LogP contribution is -2.57. The molecule has 6 rings (SSSR count). The van der Waals surface area contributed by atoms with Gasteiger partial charge in [-0.3, -0.25) is 19.2 Å². The molecule has 1 aliphatic carbocycles. The second-order valence-corrected chi connectivity index (χ2v) is 13.1. The Hall–Kier alpha value is -3.50. The van der Waals surface area contributed by atoms with Gasteiger partial charge in [0.05, 0.1) is 18.1 Å². The van der Waals surface area contributed by atoms with Crippen LogP contribution in [-0.4, -0.2) is 88.1 Å². The Kier molecular flexibility index (Phi) is 9.42. The summed E-state index contributed by atoms with van der Waals surface area (Å²) in [6.07, 6.45) is 12.6. The van der Waals surface area contributed by atoms with Gasteiger partial charge in [-0.05, 0) is 44.6 Å². The van der Waals surface area contributed by atoms with Gasteiger partial charge in [0.15, 0.2) is 0 Å². The van der Waals surface area contributed by atoms with Crippen molar-refractivity contribution >= 4 is 23.7 Å². The molecule has 3 amide bonds. The van der Waals surface area contributed by atoms with Crippen molar-refractivity contribution in [2.75, 3.05) is 19.7 Å². The first-order chi connectivity index (χ1) is 21.9. The third-order valence-corrected chi connectivity index (χ3v) is 10.2. The number of likely N-dealkylation sites (tertiary alicyclic amines) is 1. The number of allylic oxidation sites excluding steroid dienone is 1. The van der Waals surface area contributed by atoms with Crippen molar-refractivity contribution in [3.8, 4) is 0 Å². The molecule has 45 heavy (non-hydrogen) atoms. The molecule has 10 nitrogen and oxygen atoms in total. The van der Waals surface area contributed by atoms with Crippen LogP contribution in [0.25, 0.3) is 0 Å². The maximum absolute atomic E-state index is 14.6. The first-order valence-corrected chi connectivity index (χ1v) is 16.6. The number of nitrogens with zero attached hydrogens (tertiary/aromatic N) is 2. The number of carbonyl (C=O) groups excluding carboxylic acids is 4. The summed E-state index contributed by atoms with van der Waals surface area (Å²) in [4.78, 5) is 59.7. The van der Waals surface area contributed by atoms with E-state index in [1.165, 1.54) is 0 Å². The fourth-order valence-corrected chi connectivity index (χ4v) is 8.08. The maximum atomic E-state index is 14.6. The van der Waals surface area contributed by atoms with E-state index in [-0.39, 0.29) is 43.3 Å². The van der Waals surface area contributed by atoms with E-state index < -0.39 is 47.7 Å². The predicted molar refractivity (Wildman–Crippen MR) is 165 cm³/mol. The average Bonchev–Trinajstić information content (AvgIpc) is 3.42. The lowest BCUT2D eigenvalue weighted by Gasteiger charge is -2.39. The lowest BCUT2D eigenvalue weighted by molar-refractivity contribution is -0.161. The number of benzene rings is 1. The molecule has 2 N–H and O–H groups in total. The van der Waals surface area contributed by atoms with Crippen LogP contribution in [0.4, 0.5) is 0 Å². The smallest absolute Gasteiger partial charge is 0.313 e. The Bertz CT molecular complexity index is 1330. The van der Waals surface area contributed by atoms with Crippen LogP contribution in [0.3, 0.4) is 0 Å². The Morgan fingerprint density at radius 2 is 1.78 bits per heavy atom. The van der Waals surface area contributed by atoms with Gasteiger partial charge in [0.25, 0.3) is 0 Å². The third kappa shape index (κ3) is 5.94. The van der Waals surface area contributed by atoms with Crippen molar-refractivity contribution in [2.24, 2.45) is 11.8 Å². The van der Waals surface area contributed by atoms with Gasteiger partial charge in [-0.15, -0.1) is 0 Å². The van der Waals surface area contributed by atoms with Gasteiger partial charge in [0.1, 0.15) is 23.7 Å². The summed E-state index contributed by atoms with van der Waals surface area (Å²) in [5.41, 5.74) is -0.622. The molecule has 4 heterocycles. The van der Waals surface area contributed by atoms with Gasteiger partial charge in [0, 0.05) is 32.2 Å². The van der Waals surface area contributed by atoms with Crippen molar-refractivity contribution in [2.45, 2.75) is 101 Å². The molecule has 242 valence electrons. The second-order valence-electron chi connectivity index (χ2n) is 13.1. The number of fused-ring (bicyclic) bond motifs is 2. The van der Waals surface area contributed by atoms with E-state index in [0.717, 1.165) is 37.7 Å². The van der Waals surface area contributed by atoms with Crippen molar-refractivity contribution in [1.82, 2.24) is 15.1 Å². The van der Waals surface area contributed by atoms with Crippen LogP contribution < -0.4 is 5.32 Å². The number of aliphatic hydroxyl groups is 1. The highest BCUT2D eigenvalue weighted by molar-refractivity contribution is 5.99. The molecular weight excluding hydrogens is 574 g/mol. The van der Waals surface area contributed by atoms with E-state index >= 15 is 0 Å². The molecule has 0 aromatic heterocycles. The summed E-state index contributed by atoms with van der Waals surface area (Å²) >= 11 is 0. The highest BCUT2D eigenvalue weighted by atomic mass is 16.6. The topological polar surface area (TPSA) is 125 Å². The minimum atomic E-state index is -1.35. The van der Waals surface area contributed by atoms with Crippen molar-refractivity contribution in [3.63, 3.8) is 0 Å². The zero-order valence-electron chi connectivity index (χ0n) is 26.0. The summed E-state index contributed by atoms with van der Waals surface area (Å²) in [6.45, 7) is 2.49. The monoisotopic (exact) mass is 619 g/mol. The molecular formula is C35H45N3O7. The van der Waals surface area contributed by atoms with Crippen LogP contribution in [0.1, 0.15) is 76.4 Å². The number of amides is 3. The molecule has 7 atom stereocenters. The molecule has 5 aliphatic rings. The fourth-order valence-electron chi connectivity index (χ4n) is 8.08. The molecule has 1 aromatic rings. The number of hydrogen-bond donors (Lipinski definition) is 2. The Balaban J connectivity index is 1.40. The van der Waals surface area contributed by atoms with Crippen LogP contribution in [-0.2, 0) is 28.7 Å². The number of rotatable bonds is 6. The Labute approximate surface area is 264 Å². The molecule has 0 bridgehead atoms. The molecule has 0 unspecified atom stereocenters. The molecule has 1 saturated carbocycles. The maximum Gasteiger partial charge on any atom is 0.313 e. The highest BCUT2D eigenvalue weighted by Gasteiger charge is 2.72. The highest BCUT2D eigenvalue weighted by Crippen LogP contribution is 2.53. The number of aliphatic hydroxyl groups excluding tert-OH is 1. The zero-order valence-corrected chi connectivity index (χ0v) is 26.0. The van der Waals surface area contributed by atoms with Crippen LogP contribution in [0.5, 0.6) is 0 Å². The molecule has 4 aliphatic heterocycles. The van der Waals surface area contributed by atoms with Crippen LogP contribution in [0.2, 0.25) is 0 Å². The third-order valence-electron chi connectivity index (χ3n) is 10.2. The second kappa shape index (κ2) is 13.5. The summed E-state index contributed by atoms with van der Waals surface area (Å²) in [7, 11) is 0. The number of ether oxygens (including phenoxy) is 2. The molecule has 1 spiro atoms. The summed E-state index contributed by atoms with van der Waals surface area (Å²) in [5, 5.41) is 12.5. The number of esters is 1. The van der Waals surface area contributed by atoms with Gasteiger partial charge >= 0.3 is 5.97 Å². The van der Waals surface area contributed by atoms with Crippen LogP contribution in [0, 0.1) is 11.8 Å². The normalized spacial score (nSPS) is 35.0. The van der Waals surface area contributed by atoms with Gasteiger partial charge in [-0.25, -0.2) is 0 Å². The number of nitrogens with one attached hydrogen (secondary N) is 1. The molecule has 1 aromatic carbocycles. The molecule has 10 heteroatoms. The number of cyclic esters (lactones) is 1. The van der Waals surface area contributed by atoms with E-state index in [1.807, 2.05) is 53.5 Å². The first-order valence-electron chi connectivity index (χ1n) is 16.6. The minimum absolute atomic E-state index is 0.0166. The lowest BCUT2D eigenvalue weighted by atomic mass is 9.77. The first kappa shape index (κ1) is 31.5. The summed E-state index contributed by atoms with van der Waals surface area (Å²) < 4.78 is 13.0. The number of carbonyl (C=O) groups is 4. The van der Waals surface area contributed by atoms with Crippen molar-refractivity contribution in [1.29, 1.82) is 0 Å². The molecule has 0 radical (unpaired) electrons. The Morgan fingerprint density at radius 1 is 1.00 bits per heavy atom. The van der Waals surface area contributed by atoms with Crippen molar-refractivity contribution in [3.05, 3.63) is 60.2 Å². The van der Waals surface area contributed by atoms with Crippen LogP contribution >= 0.6 is 0 Å². The quantitative estimate of drug-likeness (QED) is 0.285. The summed E-state index contributed by atoms with van der Waals surface area (Å²) in [5.74, 6) is -3.16. The van der Waals surface area contributed by atoms with Gasteiger partial charge in [0.2, 0.25) is 17.7 Å². The van der Waals surface area contributed by atoms with Gasteiger partial charge in [-0.2, -0.15) is 0 Å². The van der Waals surface area contributed by atoms with E-state index in [0.29, 0.717) is 25.8 Å². The molecule has 3 fully saturated rings. The van der Waals surface area contributed by atoms with Crippen LogP contribution in [0.15, 0.2) is 54.6 Å². The van der Waals surface area contributed by atoms with E-state index in [1.54, 1.807) is 17.9 Å². The largest absolute Gasteiger partial charge is 0.455 e. The number of hydrogen-bond acceptors (Lipinski definition) is 7. The van der Waals surface area contributed by atoms with Crippen molar-refractivity contribution < 1.29 is 33.8 Å². The zero-order chi connectivity index (χ0) is 31.6. The van der Waals surface area contributed by atoms with E-state index in [2.05, 4.69) is 5.32 Å². The minimum Gasteiger partial charge on any atom is -0.455 e. The van der Waals surface area contributed by atoms with E-state index in [9.17, 15) is 24.3 Å². The Morgan fingerprint density at radius 3 is 2.53 bits per heavy atom. The molecule has 2 saturated heterocycles. The summed E-state index contributed by atoms with van der Waals surface area (Å²) in [6, 6.07) is 7.92. The van der Waals surface area contributed by atoms with E-state index in [4.69, 9.17) is 9.47 Å². The SMILES string of the molecule is C[C@@H]1NC(=O)CC/C=C\[C@@H]2O[C@@]34C=CCN(C5CCCCC5)C(=O)[C@@H]3N(CCCCO)C(=O)[C@H]4[C@@H]2C(=O)O[C@H]1c1ccccc1. The predicted octanol–water partition coefficient (Wildman–Crippen LogP) is 3.21. The fraction of sp³-hybridized carbons (Fsp3) is 0.600. The van der Waals surface area contributed by atoms with Gasteiger partial charge in [-0.1, -0.05) is 73.9 Å². The number of unbranched alkanes of at least 4 members (excludes halogenated alkanes) is 1. The average molecular weight is 620 g/mol. The van der Waals surface area contributed by atoms with Gasteiger partial charge < -0.3 is 29.7 Å². The standard InChI is InChI=1S/C35H45N3O7/c1-23-30(24-13-4-2-5-14-24)44-34(43)28-26(17-8-9-18-27(40)36-23)45-35-19-12-21-37(25-15-6-3-7-16-25)33(42)31(35)38(20-10-11-22-39)32(41)29(28)35/h2,4-5,8,12-14,17,19,23,25-26,28-31,39H,3,6-7,9-11,15-16,18,20-22H2,1H3,(H,36,40)/b17-8-/t23-,26-,28+,29+,30+,31-,35+/m0/s1.